The number of primary sulfonamides is 1. The van der Waals surface area contributed by atoms with Gasteiger partial charge in [0, 0.05) is 22.0 Å². The minimum Gasteiger partial charge on any atom is -0.483 e. The number of nitrogens with zero attached hydrogens (tertiary/aromatic N) is 1. The number of nitrogens with one attached hydrogen (secondary N) is 1. The summed E-state index contributed by atoms with van der Waals surface area (Å²) in [5.74, 6) is -0.751. The van der Waals surface area contributed by atoms with E-state index in [2.05, 4.69) is 10.3 Å². The molecular weight excluding hydrogens is 489 g/mol. The molecule has 33 heavy (non-hydrogen) atoms. The largest absolute Gasteiger partial charge is 0.483 e. The molecular formula is C22H19Cl2N3O5S. The molecule has 3 aromatic rings. The topological polar surface area (TPSA) is 128 Å². The van der Waals surface area contributed by atoms with Crippen LogP contribution in [0.1, 0.15) is 27.2 Å². The SMILES string of the molecule is Cc1cc(C(=O)c2cc(Cl)ccc2OCC(=O)Nc2ccc(S(N)(=O)=O)cc2C)cc(Cl)n1. The van der Waals surface area contributed by atoms with Gasteiger partial charge in [-0.05, 0) is 67.9 Å². The van der Waals surface area contributed by atoms with Gasteiger partial charge in [-0.2, -0.15) is 0 Å². The third-order valence-corrected chi connectivity index (χ3v) is 5.87. The zero-order chi connectivity index (χ0) is 24.3. The van der Waals surface area contributed by atoms with Crippen LogP contribution in [0.4, 0.5) is 5.69 Å². The normalized spacial score (nSPS) is 11.2. The van der Waals surface area contributed by atoms with Crippen LogP contribution in [0.15, 0.2) is 53.4 Å². The first-order valence-electron chi connectivity index (χ1n) is 9.48. The smallest absolute Gasteiger partial charge is 0.262 e. The molecule has 0 atom stereocenters. The minimum absolute atomic E-state index is 0.0648. The van der Waals surface area contributed by atoms with Gasteiger partial charge in [0.2, 0.25) is 10.0 Å². The number of hydrogen-bond acceptors (Lipinski definition) is 6. The molecule has 0 spiro atoms. The van der Waals surface area contributed by atoms with Crippen molar-refractivity contribution in [1.82, 2.24) is 4.98 Å². The van der Waals surface area contributed by atoms with E-state index in [9.17, 15) is 18.0 Å². The standard InChI is InChI=1S/C22H19Cl2N3O5S/c1-12-7-16(33(25,30)31)4-5-18(12)27-21(28)11-32-19-6-3-15(23)10-17(19)22(29)14-8-13(2)26-20(24)9-14/h3-10H,11H2,1-2H3,(H,27,28)(H2,25,30,31). The molecule has 11 heteroatoms. The van der Waals surface area contributed by atoms with Crippen LogP contribution in [-0.2, 0) is 14.8 Å². The summed E-state index contributed by atoms with van der Waals surface area (Å²) in [5, 5.41) is 8.23. The van der Waals surface area contributed by atoms with Gasteiger partial charge in [-0.3, -0.25) is 9.59 Å². The number of carbonyl (C=O) groups excluding carboxylic acids is 2. The number of ketones is 1. The lowest BCUT2D eigenvalue weighted by molar-refractivity contribution is -0.118. The predicted octanol–water partition coefficient (Wildman–Crippen LogP) is 3.90. The summed E-state index contributed by atoms with van der Waals surface area (Å²) in [5.41, 5.74) is 1.92. The third-order valence-electron chi connectivity index (χ3n) is 4.53. The Labute approximate surface area is 200 Å². The number of aromatic nitrogens is 1. The Morgan fingerprint density at radius 1 is 1.06 bits per heavy atom. The van der Waals surface area contributed by atoms with Gasteiger partial charge in [-0.15, -0.1) is 0 Å². The van der Waals surface area contributed by atoms with E-state index in [1.54, 1.807) is 19.9 Å². The summed E-state index contributed by atoms with van der Waals surface area (Å²) < 4.78 is 28.5. The Balaban J connectivity index is 1.77. The van der Waals surface area contributed by atoms with Crippen LogP contribution in [0.25, 0.3) is 0 Å². The molecule has 0 saturated carbocycles. The zero-order valence-corrected chi connectivity index (χ0v) is 19.9. The van der Waals surface area contributed by atoms with Gasteiger partial charge < -0.3 is 10.1 Å². The fraction of sp³-hybridized carbons (Fsp3) is 0.136. The van der Waals surface area contributed by atoms with E-state index in [1.807, 2.05) is 0 Å². The van der Waals surface area contributed by atoms with E-state index in [1.165, 1.54) is 42.5 Å². The number of anilines is 1. The van der Waals surface area contributed by atoms with Crippen LogP contribution in [-0.4, -0.2) is 31.7 Å². The van der Waals surface area contributed by atoms with Gasteiger partial charge in [-0.1, -0.05) is 23.2 Å². The van der Waals surface area contributed by atoms with Crippen molar-refractivity contribution in [2.45, 2.75) is 18.7 Å². The molecule has 1 heterocycles. The molecule has 0 aliphatic rings. The summed E-state index contributed by atoms with van der Waals surface area (Å²) in [6.45, 7) is 2.93. The molecule has 2 aromatic carbocycles. The highest BCUT2D eigenvalue weighted by molar-refractivity contribution is 7.89. The second-order valence-electron chi connectivity index (χ2n) is 7.15. The number of carbonyl (C=O) groups is 2. The van der Waals surface area contributed by atoms with Crippen molar-refractivity contribution in [3.63, 3.8) is 0 Å². The maximum atomic E-state index is 13.0. The van der Waals surface area contributed by atoms with Crippen LogP contribution in [0.2, 0.25) is 10.2 Å². The van der Waals surface area contributed by atoms with Crippen LogP contribution in [0.5, 0.6) is 5.75 Å². The fourth-order valence-electron chi connectivity index (χ4n) is 3.00. The summed E-state index contributed by atoms with van der Waals surface area (Å²) in [6, 6.07) is 11.6. The zero-order valence-electron chi connectivity index (χ0n) is 17.6. The lowest BCUT2D eigenvalue weighted by Gasteiger charge is -2.13. The maximum Gasteiger partial charge on any atom is 0.262 e. The summed E-state index contributed by atoms with van der Waals surface area (Å²) in [6.07, 6.45) is 0. The molecule has 172 valence electrons. The highest BCUT2D eigenvalue weighted by Crippen LogP contribution is 2.27. The molecule has 0 bridgehead atoms. The van der Waals surface area contributed by atoms with Crippen LogP contribution >= 0.6 is 23.2 Å². The lowest BCUT2D eigenvalue weighted by atomic mass is 10.0. The number of aryl methyl sites for hydroxylation is 2. The molecule has 1 amide bonds. The first-order valence-corrected chi connectivity index (χ1v) is 11.8. The molecule has 8 nitrogen and oxygen atoms in total. The number of pyridine rings is 1. The van der Waals surface area contributed by atoms with E-state index >= 15 is 0 Å². The Morgan fingerprint density at radius 2 is 1.79 bits per heavy atom. The Bertz CT molecular complexity index is 1340. The highest BCUT2D eigenvalue weighted by Gasteiger charge is 2.18. The predicted molar refractivity (Wildman–Crippen MR) is 126 cm³/mol. The van der Waals surface area contributed by atoms with Crippen molar-refractivity contribution in [2.24, 2.45) is 5.14 Å². The third kappa shape index (κ3) is 6.29. The second kappa shape index (κ2) is 9.88. The quantitative estimate of drug-likeness (QED) is 0.368. The molecule has 3 N–H and O–H groups in total. The van der Waals surface area contributed by atoms with Crippen molar-refractivity contribution >= 4 is 50.6 Å². The van der Waals surface area contributed by atoms with E-state index < -0.39 is 28.3 Å². The van der Waals surface area contributed by atoms with E-state index in [0.29, 0.717) is 27.5 Å². The number of hydrogen-bond donors (Lipinski definition) is 2. The lowest BCUT2D eigenvalue weighted by Crippen LogP contribution is -2.21. The summed E-state index contributed by atoms with van der Waals surface area (Å²) >= 11 is 12.0. The molecule has 0 unspecified atom stereocenters. The van der Waals surface area contributed by atoms with Gasteiger partial charge in [-0.25, -0.2) is 18.5 Å². The first kappa shape index (κ1) is 24.7. The van der Waals surface area contributed by atoms with Crippen LogP contribution < -0.4 is 15.2 Å². The Morgan fingerprint density at radius 3 is 2.42 bits per heavy atom. The van der Waals surface area contributed by atoms with E-state index in [-0.39, 0.29) is 21.4 Å². The van der Waals surface area contributed by atoms with Gasteiger partial charge >= 0.3 is 0 Å². The number of benzene rings is 2. The van der Waals surface area contributed by atoms with Gasteiger partial charge in [0.25, 0.3) is 5.91 Å². The number of halogens is 2. The monoisotopic (exact) mass is 507 g/mol. The van der Waals surface area contributed by atoms with Crippen molar-refractivity contribution in [3.8, 4) is 5.75 Å². The average molecular weight is 508 g/mol. The molecule has 0 aliphatic heterocycles. The van der Waals surface area contributed by atoms with Crippen LogP contribution in [0, 0.1) is 13.8 Å². The van der Waals surface area contributed by atoms with Crippen molar-refractivity contribution in [3.05, 3.63) is 81.1 Å². The average Bonchev–Trinajstić information content (AvgIpc) is 2.72. The maximum absolute atomic E-state index is 13.0. The molecule has 1 aromatic heterocycles. The van der Waals surface area contributed by atoms with Crippen LogP contribution in [0.3, 0.4) is 0 Å². The molecule has 3 rings (SSSR count). The number of rotatable bonds is 7. The van der Waals surface area contributed by atoms with E-state index in [0.717, 1.165) is 0 Å². The molecule has 0 aliphatic carbocycles. The molecule has 0 saturated heterocycles. The van der Waals surface area contributed by atoms with Gasteiger partial charge in [0.05, 0.1) is 10.5 Å². The minimum atomic E-state index is -3.85. The number of amides is 1. The number of sulfonamides is 1. The van der Waals surface area contributed by atoms with E-state index in [4.69, 9.17) is 33.1 Å². The van der Waals surface area contributed by atoms with Crippen molar-refractivity contribution < 1.29 is 22.7 Å². The molecule has 0 fully saturated rings. The highest BCUT2D eigenvalue weighted by atomic mass is 35.5. The Kier molecular flexibility index (Phi) is 7.38. The second-order valence-corrected chi connectivity index (χ2v) is 9.53. The first-order chi connectivity index (χ1) is 15.4. The fourth-order valence-corrected chi connectivity index (χ4v) is 4.02. The van der Waals surface area contributed by atoms with Gasteiger partial charge in [0.1, 0.15) is 10.9 Å². The van der Waals surface area contributed by atoms with Crippen molar-refractivity contribution in [2.75, 3.05) is 11.9 Å². The Hall–Kier alpha value is -2.98. The number of nitrogens with two attached hydrogens (primary N) is 1. The number of ether oxygens (including phenoxy) is 1. The molecule has 0 radical (unpaired) electrons. The van der Waals surface area contributed by atoms with Crippen molar-refractivity contribution in [1.29, 1.82) is 0 Å². The van der Waals surface area contributed by atoms with Gasteiger partial charge in [0.15, 0.2) is 12.4 Å². The summed E-state index contributed by atoms with van der Waals surface area (Å²) in [4.78, 5) is 29.4. The summed E-state index contributed by atoms with van der Waals surface area (Å²) in [7, 11) is -3.85.